The number of aromatic nitrogens is 2. The van der Waals surface area contributed by atoms with Crippen molar-refractivity contribution in [2.24, 2.45) is 11.0 Å². The summed E-state index contributed by atoms with van der Waals surface area (Å²) in [6, 6.07) is 11.6. The number of hydrogen-bond donors (Lipinski definition) is 0. The maximum absolute atomic E-state index is 12.5. The summed E-state index contributed by atoms with van der Waals surface area (Å²) < 4.78 is 1.04. The van der Waals surface area contributed by atoms with Crippen molar-refractivity contribution in [3.05, 3.63) is 54.4 Å². The average molecular weight is 308 g/mol. The van der Waals surface area contributed by atoms with Gasteiger partial charge in [0.05, 0.1) is 21.8 Å². The zero-order valence-electron chi connectivity index (χ0n) is 11.8. The molecule has 0 fully saturated rings. The summed E-state index contributed by atoms with van der Waals surface area (Å²) in [5.41, 5.74) is 2.48. The standard InChI is InChI=1S/C16H12N4OS/c1-10-14(11-5-4-8-17-9-11)19-20(15(10)21)16-18-12-6-2-3-7-13(12)22-16/h2-10H,1H3. The number of rotatable bonds is 2. The molecule has 3 aromatic rings. The Hall–Kier alpha value is -2.60. The third kappa shape index (κ3) is 2.00. The van der Waals surface area contributed by atoms with E-state index in [1.807, 2.05) is 43.3 Å². The van der Waals surface area contributed by atoms with Gasteiger partial charge in [-0.15, -0.1) is 0 Å². The Labute approximate surface area is 130 Å². The van der Waals surface area contributed by atoms with E-state index in [1.54, 1.807) is 12.4 Å². The second-order valence-corrected chi connectivity index (χ2v) is 6.07. The average Bonchev–Trinajstić information content (AvgIpc) is 3.10. The van der Waals surface area contributed by atoms with Crippen LogP contribution in [0.25, 0.3) is 10.2 Å². The molecule has 0 saturated heterocycles. The number of pyridine rings is 1. The lowest BCUT2D eigenvalue weighted by molar-refractivity contribution is -0.119. The number of carbonyl (C=O) groups is 1. The number of hydrogen-bond acceptors (Lipinski definition) is 5. The fourth-order valence-corrected chi connectivity index (χ4v) is 3.38. The Morgan fingerprint density at radius 3 is 2.82 bits per heavy atom. The Balaban J connectivity index is 1.78. The summed E-state index contributed by atoms with van der Waals surface area (Å²) in [5.74, 6) is -0.353. The van der Waals surface area contributed by atoms with Crippen LogP contribution in [-0.4, -0.2) is 21.6 Å². The highest BCUT2D eigenvalue weighted by Gasteiger charge is 2.35. The number of thiazole rings is 1. The van der Waals surface area contributed by atoms with Crippen molar-refractivity contribution in [3.63, 3.8) is 0 Å². The summed E-state index contributed by atoms with van der Waals surface area (Å²) in [7, 11) is 0. The lowest BCUT2D eigenvalue weighted by Gasteiger charge is -2.07. The van der Waals surface area contributed by atoms with E-state index >= 15 is 0 Å². The SMILES string of the molecule is CC1C(=O)N(c2nc3ccccc3s2)N=C1c1cccnc1. The molecule has 108 valence electrons. The van der Waals surface area contributed by atoms with E-state index in [2.05, 4.69) is 15.1 Å². The minimum absolute atomic E-state index is 0.0575. The number of nitrogens with zero attached hydrogens (tertiary/aromatic N) is 4. The molecule has 2 aromatic heterocycles. The first-order valence-corrected chi connectivity index (χ1v) is 7.74. The highest BCUT2D eigenvalue weighted by atomic mass is 32.1. The molecule has 1 aliphatic heterocycles. The summed E-state index contributed by atoms with van der Waals surface area (Å²) >= 11 is 1.47. The maximum Gasteiger partial charge on any atom is 0.258 e. The molecule has 1 unspecified atom stereocenters. The Bertz CT molecular complexity index is 854. The van der Waals surface area contributed by atoms with E-state index < -0.39 is 0 Å². The number of benzene rings is 1. The van der Waals surface area contributed by atoms with Gasteiger partial charge in [-0.05, 0) is 31.2 Å². The molecule has 0 radical (unpaired) electrons. The third-order valence-electron chi connectivity index (χ3n) is 3.62. The predicted octanol–water partition coefficient (Wildman–Crippen LogP) is 3.08. The van der Waals surface area contributed by atoms with Gasteiger partial charge in [0.15, 0.2) is 0 Å². The monoisotopic (exact) mass is 308 g/mol. The zero-order chi connectivity index (χ0) is 15.1. The summed E-state index contributed by atoms with van der Waals surface area (Å²) in [6.07, 6.45) is 3.43. The molecular formula is C16H12N4OS. The summed E-state index contributed by atoms with van der Waals surface area (Å²) in [5, 5.41) is 6.52. The molecule has 6 heteroatoms. The number of fused-ring (bicyclic) bond motifs is 1. The van der Waals surface area contributed by atoms with Crippen molar-refractivity contribution in [2.75, 3.05) is 5.01 Å². The van der Waals surface area contributed by atoms with Crippen LogP contribution in [-0.2, 0) is 4.79 Å². The van der Waals surface area contributed by atoms with E-state index in [9.17, 15) is 4.79 Å². The van der Waals surface area contributed by atoms with E-state index in [0.29, 0.717) is 5.13 Å². The zero-order valence-corrected chi connectivity index (χ0v) is 12.6. The van der Waals surface area contributed by atoms with Gasteiger partial charge in [-0.25, -0.2) is 4.98 Å². The van der Waals surface area contributed by atoms with Crippen molar-refractivity contribution in [2.45, 2.75) is 6.92 Å². The van der Waals surface area contributed by atoms with Crippen LogP contribution < -0.4 is 5.01 Å². The number of para-hydroxylation sites is 1. The van der Waals surface area contributed by atoms with Crippen molar-refractivity contribution in [1.29, 1.82) is 0 Å². The van der Waals surface area contributed by atoms with Crippen LogP contribution in [0.5, 0.6) is 0 Å². The van der Waals surface area contributed by atoms with E-state index in [0.717, 1.165) is 21.5 Å². The van der Waals surface area contributed by atoms with Gasteiger partial charge in [-0.1, -0.05) is 23.5 Å². The fourth-order valence-electron chi connectivity index (χ4n) is 2.45. The minimum atomic E-state index is -0.295. The molecule has 0 bridgehead atoms. The smallest absolute Gasteiger partial charge is 0.258 e. The van der Waals surface area contributed by atoms with Gasteiger partial charge in [-0.2, -0.15) is 10.1 Å². The maximum atomic E-state index is 12.5. The highest BCUT2D eigenvalue weighted by molar-refractivity contribution is 7.22. The van der Waals surface area contributed by atoms with Crippen molar-refractivity contribution in [3.8, 4) is 0 Å². The van der Waals surface area contributed by atoms with Gasteiger partial charge in [-0.3, -0.25) is 9.78 Å². The third-order valence-corrected chi connectivity index (χ3v) is 4.63. The fraction of sp³-hybridized carbons (Fsp3) is 0.125. The Kier molecular flexibility index (Phi) is 2.97. The molecule has 4 rings (SSSR count). The second kappa shape index (κ2) is 4.99. The second-order valence-electron chi connectivity index (χ2n) is 5.06. The predicted molar refractivity (Wildman–Crippen MR) is 87.0 cm³/mol. The first-order valence-electron chi connectivity index (χ1n) is 6.92. The van der Waals surface area contributed by atoms with Crippen LogP contribution >= 0.6 is 11.3 Å². The van der Waals surface area contributed by atoms with Crippen molar-refractivity contribution >= 4 is 38.3 Å². The van der Waals surface area contributed by atoms with Gasteiger partial charge in [0.1, 0.15) is 0 Å². The first-order chi connectivity index (χ1) is 10.7. The quantitative estimate of drug-likeness (QED) is 0.731. The highest BCUT2D eigenvalue weighted by Crippen LogP contribution is 2.32. The van der Waals surface area contributed by atoms with Crippen LogP contribution in [0, 0.1) is 5.92 Å². The van der Waals surface area contributed by atoms with Gasteiger partial charge < -0.3 is 0 Å². The number of anilines is 1. The van der Waals surface area contributed by atoms with Crippen LogP contribution in [0.1, 0.15) is 12.5 Å². The van der Waals surface area contributed by atoms with Crippen molar-refractivity contribution in [1.82, 2.24) is 9.97 Å². The Morgan fingerprint density at radius 1 is 1.18 bits per heavy atom. The molecule has 1 aliphatic rings. The van der Waals surface area contributed by atoms with Crippen LogP contribution in [0.2, 0.25) is 0 Å². The van der Waals surface area contributed by atoms with E-state index in [1.165, 1.54) is 16.3 Å². The molecule has 1 aromatic carbocycles. The first kappa shape index (κ1) is 13.1. The molecule has 3 heterocycles. The van der Waals surface area contributed by atoms with Gasteiger partial charge in [0, 0.05) is 18.0 Å². The van der Waals surface area contributed by atoms with Gasteiger partial charge in [0.25, 0.3) is 5.91 Å². The molecule has 0 spiro atoms. The molecular weight excluding hydrogens is 296 g/mol. The van der Waals surface area contributed by atoms with Crippen LogP contribution in [0.4, 0.5) is 5.13 Å². The van der Waals surface area contributed by atoms with Crippen LogP contribution in [0.15, 0.2) is 53.9 Å². The molecule has 0 saturated carbocycles. The number of amides is 1. The van der Waals surface area contributed by atoms with E-state index in [-0.39, 0.29) is 11.8 Å². The Morgan fingerprint density at radius 2 is 2.05 bits per heavy atom. The minimum Gasteiger partial charge on any atom is -0.272 e. The lowest BCUT2D eigenvalue weighted by Crippen LogP contribution is -2.25. The molecule has 5 nitrogen and oxygen atoms in total. The molecule has 0 aliphatic carbocycles. The normalized spacial score (nSPS) is 18.0. The van der Waals surface area contributed by atoms with Gasteiger partial charge in [0.2, 0.25) is 5.13 Å². The largest absolute Gasteiger partial charge is 0.272 e. The van der Waals surface area contributed by atoms with E-state index in [4.69, 9.17) is 0 Å². The molecule has 22 heavy (non-hydrogen) atoms. The number of carbonyl (C=O) groups excluding carboxylic acids is 1. The topological polar surface area (TPSA) is 58.5 Å². The number of hydrazone groups is 1. The molecule has 1 atom stereocenters. The van der Waals surface area contributed by atoms with Crippen LogP contribution in [0.3, 0.4) is 0 Å². The summed E-state index contributed by atoms with van der Waals surface area (Å²) in [4.78, 5) is 21.1. The van der Waals surface area contributed by atoms with Gasteiger partial charge >= 0.3 is 0 Å². The molecule has 1 amide bonds. The lowest BCUT2D eigenvalue weighted by atomic mass is 10.0. The molecule has 0 N–H and O–H groups in total. The summed E-state index contributed by atoms with van der Waals surface area (Å²) in [6.45, 7) is 1.86. The van der Waals surface area contributed by atoms with Crippen molar-refractivity contribution < 1.29 is 4.79 Å².